The van der Waals surface area contributed by atoms with Gasteiger partial charge in [0.1, 0.15) is 0 Å². The van der Waals surface area contributed by atoms with E-state index < -0.39 is 0 Å². The molecule has 0 fully saturated rings. The number of benzene rings is 1. The number of nitrogens with two attached hydrogens (primary N) is 1. The Morgan fingerprint density at radius 2 is 2.23 bits per heavy atom. The van der Waals surface area contributed by atoms with E-state index in [0.717, 1.165) is 6.42 Å². The normalized spacial score (nSPS) is 20.1. The van der Waals surface area contributed by atoms with Crippen LogP contribution in [0.5, 0.6) is 0 Å². The monoisotopic (exact) mass is 191 g/mol. The molecule has 0 radical (unpaired) electrons. The molecule has 2 unspecified atom stereocenters. The molecule has 13 heavy (non-hydrogen) atoms. The summed E-state index contributed by atoms with van der Waals surface area (Å²) in [4.78, 5) is 0. The van der Waals surface area contributed by atoms with Gasteiger partial charge in [-0.15, -0.1) is 9.24 Å². The smallest absolute Gasteiger partial charge is 0.0268 e. The van der Waals surface area contributed by atoms with Gasteiger partial charge < -0.3 is 5.73 Å². The van der Waals surface area contributed by atoms with Crippen molar-refractivity contribution in [3.8, 4) is 0 Å². The molecule has 2 atom stereocenters. The van der Waals surface area contributed by atoms with E-state index >= 15 is 0 Å². The fourth-order valence-corrected chi connectivity index (χ4v) is 2.09. The summed E-state index contributed by atoms with van der Waals surface area (Å²) in [5, 5.41) is 1.31. The zero-order valence-corrected chi connectivity index (χ0v) is 8.90. The first-order valence-corrected chi connectivity index (χ1v) is 5.08. The summed E-state index contributed by atoms with van der Waals surface area (Å²) in [6, 6.07) is 4.54. The lowest BCUT2D eigenvalue weighted by Gasteiger charge is -2.18. The van der Waals surface area contributed by atoms with Gasteiger partial charge in [-0.1, -0.05) is 24.3 Å². The maximum absolute atomic E-state index is 5.84. The van der Waals surface area contributed by atoms with Crippen molar-refractivity contribution in [3.63, 3.8) is 0 Å². The molecule has 2 N–H and O–H groups in total. The third-order valence-electron chi connectivity index (χ3n) is 2.56. The number of rotatable bonds is 0. The average molecular weight is 191 g/mol. The van der Waals surface area contributed by atoms with Crippen LogP contribution in [0.15, 0.2) is 18.2 Å². The molecule has 1 aliphatic carbocycles. The van der Waals surface area contributed by atoms with E-state index in [1.165, 1.54) is 22.0 Å². The summed E-state index contributed by atoms with van der Waals surface area (Å²) in [6.45, 7) is 2.13. The molecule has 0 saturated heterocycles. The molecule has 68 valence electrons. The largest absolute Gasteiger partial charge is 0.324 e. The lowest BCUT2D eigenvalue weighted by molar-refractivity contribution is 0.803. The minimum atomic E-state index is 0.194. The predicted molar refractivity (Wildman–Crippen MR) is 61.2 cm³/mol. The van der Waals surface area contributed by atoms with Crippen LogP contribution in [-0.2, 0) is 6.42 Å². The highest BCUT2D eigenvalue weighted by molar-refractivity contribution is 7.27. The Kier molecular flexibility index (Phi) is 2.23. The van der Waals surface area contributed by atoms with Gasteiger partial charge in [0.2, 0.25) is 0 Å². The number of hydrogen-bond acceptors (Lipinski definition) is 1. The highest BCUT2D eigenvalue weighted by Gasteiger charge is 2.12. The maximum atomic E-state index is 5.84. The summed E-state index contributed by atoms with van der Waals surface area (Å²) in [5.41, 5.74) is 9.87. The van der Waals surface area contributed by atoms with Crippen LogP contribution < -0.4 is 11.0 Å². The standard InChI is InChI=1S/C11H14NP/c1-7-2-3-8-6-9(12)4-5-10(8)11(7)13/h2-5,9H,6,12-13H2,1H3. The molecule has 1 nitrogen and oxygen atoms in total. The Bertz CT molecular complexity index is 369. The van der Waals surface area contributed by atoms with Gasteiger partial charge in [-0.25, -0.2) is 0 Å². The van der Waals surface area contributed by atoms with E-state index in [0.29, 0.717) is 0 Å². The van der Waals surface area contributed by atoms with Crippen molar-refractivity contribution in [2.45, 2.75) is 19.4 Å². The van der Waals surface area contributed by atoms with Crippen molar-refractivity contribution in [1.29, 1.82) is 0 Å². The van der Waals surface area contributed by atoms with Crippen molar-refractivity contribution < 1.29 is 0 Å². The number of hydrogen-bond donors (Lipinski definition) is 1. The Balaban J connectivity index is 2.57. The molecule has 2 heteroatoms. The second-order valence-corrected chi connectivity index (χ2v) is 4.17. The van der Waals surface area contributed by atoms with E-state index in [4.69, 9.17) is 5.73 Å². The molecule has 1 aliphatic rings. The molecule has 0 bridgehead atoms. The number of fused-ring (bicyclic) bond motifs is 1. The van der Waals surface area contributed by atoms with Crippen LogP contribution in [0.3, 0.4) is 0 Å². The Morgan fingerprint density at radius 1 is 1.46 bits per heavy atom. The van der Waals surface area contributed by atoms with Crippen LogP contribution in [0.2, 0.25) is 0 Å². The fourth-order valence-electron chi connectivity index (χ4n) is 1.71. The zero-order valence-electron chi connectivity index (χ0n) is 7.75. The Labute approximate surface area is 81.2 Å². The highest BCUT2D eigenvalue weighted by atomic mass is 31.0. The van der Waals surface area contributed by atoms with Gasteiger partial charge >= 0.3 is 0 Å². The molecule has 0 heterocycles. The van der Waals surface area contributed by atoms with Gasteiger partial charge in [-0.05, 0) is 35.3 Å². The van der Waals surface area contributed by atoms with Gasteiger partial charge in [0.25, 0.3) is 0 Å². The van der Waals surface area contributed by atoms with Crippen LogP contribution >= 0.6 is 9.24 Å². The molecular formula is C11H14NP. The second kappa shape index (κ2) is 3.25. The van der Waals surface area contributed by atoms with Crippen molar-refractivity contribution in [2.75, 3.05) is 0 Å². The Hall–Kier alpha value is -0.650. The van der Waals surface area contributed by atoms with Crippen molar-refractivity contribution in [1.82, 2.24) is 0 Å². The lowest BCUT2D eigenvalue weighted by atomic mass is 9.93. The van der Waals surface area contributed by atoms with Gasteiger partial charge in [0, 0.05) is 6.04 Å². The summed E-state index contributed by atoms with van der Waals surface area (Å²) in [5.74, 6) is 0. The SMILES string of the molecule is Cc1ccc2c(c1P)C=CC(N)C2. The van der Waals surface area contributed by atoms with Crippen LogP contribution in [-0.4, -0.2) is 6.04 Å². The minimum absolute atomic E-state index is 0.194. The maximum Gasteiger partial charge on any atom is 0.0268 e. The van der Waals surface area contributed by atoms with Crippen molar-refractivity contribution >= 4 is 20.6 Å². The average Bonchev–Trinajstić information content (AvgIpc) is 2.12. The lowest BCUT2D eigenvalue weighted by Crippen LogP contribution is -2.24. The van der Waals surface area contributed by atoms with E-state index in [9.17, 15) is 0 Å². The van der Waals surface area contributed by atoms with Crippen molar-refractivity contribution in [2.24, 2.45) is 5.73 Å². The highest BCUT2D eigenvalue weighted by Crippen LogP contribution is 2.19. The first kappa shape index (κ1) is 8.93. The molecule has 2 rings (SSSR count). The summed E-state index contributed by atoms with van der Waals surface area (Å²) >= 11 is 0. The predicted octanol–water partition coefficient (Wildman–Crippen LogP) is 1.39. The fraction of sp³-hybridized carbons (Fsp3) is 0.273. The third-order valence-corrected chi connectivity index (χ3v) is 3.33. The molecule has 0 aromatic heterocycles. The molecule has 1 aromatic carbocycles. The van der Waals surface area contributed by atoms with Gasteiger partial charge in [0.15, 0.2) is 0 Å². The second-order valence-electron chi connectivity index (χ2n) is 3.60. The summed E-state index contributed by atoms with van der Waals surface area (Å²) in [6.07, 6.45) is 5.18. The third kappa shape index (κ3) is 1.54. The topological polar surface area (TPSA) is 26.0 Å². The summed E-state index contributed by atoms with van der Waals surface area (Å²) < 4.78 is 0. The van der Waals surface area contributed by atoms with E-state index in [2.05, 4.69) is 40.4 Å². The first-order chi connectivity index (χ1) is 6.18. The van der Waals surface area contributed by atoms with E-state index in [1.807, 2.05) is 0 Å². The molecule has 1 aromatic rings. The van der Waals surface area contributed by atoms with Crippen LogP contribution in [0.4, 0.5) is 0 Å². The zero-order chi connectivity index (χ0) is 9.42. The molecule has 0 saturated carbocycles. The Morgan fingerprint density at radius 3 is 3.00 bits per heavy atom. The quantitative estimate of drug-likeness (QED) is 0.616. The molecular weight excluding hydrogens is 177 g/mol. The van der Waals surface area contributed by atoms with E-state index in [-0.39, 0.29) is 6.04 Å². The number of aryl methyl sites for hydroxylation is 1. The van der Waals surface area contributed by atoms with Gasteiger partial charge in [0.05, 0.1) is 0 Å². The van der Waals surface area contributed by atoms with Crippen LogP contribution in [0.25, 0.3) is 6.08 Å². The van der Waals surface area contributed by atoms with Crippen LogP contribution in [0, 0.1) is 6.92 Å². The van der Waals surface area contributed by atoms with Gasteiger partial charge in [-0.2, -0.15) is 0 Å². The molecule has 0 amide bonds. The van der Waals surface area contributed by atoms with Crippen molar-refractivity contribution in [3.05, 3.63) is 34.9 Å². The molecule has 0 spiro atoms. The van der Waals surface area contributed by atoms with E-state index in [1.54, 1.807) is 0 Å². The van der Waals surface area contributed by atoms with Crippen LogP contribution in [0.1, 0.15) is 16.7 Å². The van der Waals surface area contributed by atoms with Gasteiger partial charge in [-0.3, -0.25) is 0 Å². The first-order valence-electron chi connectivity index (χ1n) is 4.50. The summed E-state index contributed by atoms with van der Waals surface area (Å²) in [7, 11) is 2.81. The molecule has 0 aliphatic heterocycles. The minimum Gasteiger partial charge on any atom is -0.324 e.